The second-order valence-corrected chi connectivity index (χ2v) is 9.84. The zero-order chi connectivity index (χ0) is 24.8. The van der Waals surface area contributed by atoms with Crippen LogP contribution in [0.15, 0.2) is 77.8 Å². The number of nitrogens with zero attached hydrogens (tertiary/aromatic N) is 3. The van der Waals surface area contributed by atoms with E-state index in [1.165, 1.54) is 5.06 Å². The topological polar surface area (TPSA) is 93.1 Å². The van der Waals surface area contributed by atoms with E-state index in [1.807, 2.05) is 60.7 Å². The molecular formula is C29H28N4O3. The minimum atomic E-state index is -0.956. The molecule has 2 heterocycles. The molecule has 0 amide bonds. The standard InChI is InChI=1S/C29H28N4O3/c1-33-27(31)32-29(36-33)19-28(14-12-24(13-15-28)34-23-8-3-2-4-9-23)35-26-11-10-22(17-25(26)29)21-7-5-6-20(16-21)18-30/h2-11,16-17,24H,12-15,19H2,1H3,(H2,31,32). The highest BCUT2D eigenvalue weighted by molar-refractivity contribution is 5.79. The third-order valence-electron chi connectivity index (χ3n) is 7.41. The first kappa shape index (κ1) is 22.4. The van der Waals surface area contributed by atoms with E-state index in [1.54, 1.807) is 13.1 Å². The molecule has 0 saturated heterocycles. The van der Waals surface area contributed by atoms with Gasteiger partial charge in [0, 0.05) is 13.5 Å². The zero-order valence-corrected chi connectivity index (χ0v) is 20.2. The Balaban J connectivity index is 1.32. The summed E-state index contributed by atoms with van der Waals surface area (Å²) in [5.41, 5.74) is 8.22. The molecule has 6 rings (SSSR count). The van der Waals surface area contributed by atoms with E-state index in [2.05, 4.69) is 12.1 Å². The number of benzene rings is 3. The van der Waals surface area contributed by atoms with Crippen LogP contribution in [-0.4, -0.2) is 29.8 Å². The molecule has 1 unspecified atom stereocenters. The number of hydrogen-bond acceptors (Lipinski definition) is 7. The van der Waals surface area contributed by atoms with Gasteiger partial charge >= 0.3 is 0 Å². The van der Waals surface area contributed by atoms with Gasteiger partial charge in [-0.15, -0.1) is 0 Å². The van der Waals surface area contributed by atoms with Gasteiger partial charge in [0.15, 0.2) is 0 Å². The summed E-state index contributed by atoms with van der Waals surface area (Å²) in [5, 5.41) is 10.9. The molecule has 36 heavy (non-hydrogen) atoms. The number of fused-ring (bicyclic) bond motifs is 2. The van der Waals surface area contributed by atoms with Crippen molar-refractivity contribution in [1.29, 1.82) is 5.26 Å². The van der Waals surface area contributed by atoms with Gasteiger partial charge in [0.1, 0.15) is 17.1 Å². The van der Waals surface area contributed by atoms with E-state index < -0.39 is 11.3 Å². The molecule has 2 aliphatic heterocycles. The van der Waals surface area contributed by atoms with Gasteiger partial charge in [-0.1, -0.05) is 36.4 Å². The lowest BCUT2D eigenvalue weighted by molar-refractivity contribution is -0.209. The minimum Gasteiger partial charge on any atom is -0.490 e. The van der Waals surface area contributed by atoms with Crippen molar-refractivity contribution in [3.05, 3.63) is 83.9 Å². The number of hydroxylamine groups is 2. The zero-order valence-electron chi connectivity index (χ0n) is 20.2. The Morgan fingerprint density at radius 1 is 1.03 bits per heavy atom. The van der Waals surface area contributed by atoms with Crippen LogP contribution in [0.4, 0.5) is 0 Å². The Kier molecular flexibility index (Phi) is 5.35. The molecule has 1 aliphatic carbocycles. The van der Waals surface area contributed by atoms with E-state index in [9.17, 15) is 5.26 Å². The summed E-state index contributed by atoms with van der Waals surface area (Å²) < 4.78 is 13.0. The molecule has 1 saturated carbocycles. The van der Waals surface area contributed by atoms with Crippen LogP contribution >= 0.6 is 0 Å². The molecule has 3 aromatic rings. The number of nitriles is 1. The molecule has 0 aromatic heterocycles. The van der Waals surface area contributed by atoms with Crippen LogP contribution in [0.3, 0.4) is 0 Å². The molecule has 1 fully saturated rings. The predicted molar refractivity (Wildman–Crippen MR) is 136 cm³/mol. The van der Waals surface area contributed by atoms with Crippen molar-refractivity contribution in [1.82, 2.24) is 5.06 Å². The number of rotatable bonds is 3. The van der Waals surface area contributed by atoms with E-state index >= 15 is 0 Å². The van der Waals surface area contributed by atoms with Gasteiger partial charge in [-0.3, -0.25) is 0 Å². The maximum absolute atomic E-state index is 9.33. The molecule has 3 aliphatic rings. The van der Waals surface area contributed by atoms with Crippen LogP contribution in [0.25, 0.3) is 11.1 Å². The first-order chi connectivity index (χ1) is 17.5. The fourth-order valence-electron chi connectivity index (χ4n) is 5.61. The molecule has 3 aromatic carbocycles. The molecule has 182 valence electrons. The van der Waals surface area contributed by atoms with E-state index in [-0.39, 0.29) is 6.10 Å². The maximum Gasteiger partial charge on any atom is 0.222 e. The Hall–Kier alpha value is -4.02. The molecule has 7 heteroatoms. The van der Waals surface area contributed by atoms with Crippen molar-refractivity contribution in [3.63, 3.8) is 0 Å². The van der Waals surface area contributed by atoms with Crippen molar-refractivity contribution in [3.8, 4) is 28.7 Å². The van der Waals surface area contributed by atoms with Gasteiger partial charge in [0.25, 0.3) is 0 Å². The fourth-order valence-corrected chi connectivity index (χ4v) is 5.61. The van der Waals surface area contributed by atoms with Crippen LogP contribution < -0.4 is 15.2 Å². The number of nitrogens with two attached hydrogens (primary N) is 1. The van der Waals surface area contributed by atoms with E-state index in [0.717, 1.165) is 53.9 Å². The molecule has 2 N–H and O–H groups in total. The van der Waals surface area contributed by atoms with Gasteiger partial charge in [-0.05, 0) is 73.2 Å². The van der Waals surface area contributed by atoms with Crippen LogP contribution in [-0.2, 0) is 10.6 Å². The molecular weight excluding hydrogens is 452 g/mol. The Labute approximate surface area is 210 Å². The first-order valence-electron chi connectivity index (χ1n) is 12.3. The van der Waals surface area contributed by atoms with Crippen molar-refractivity contribution in [2.45, 2.75) is 49.5 Å². The van der Waals surface area contributed by atoms with Crippen molar-refractivity contribution in [2.75, 3.05) is 7.05 Å². The van der Waals surface area contributed by atoms with Crippen LogP contribution in [0.1, 0.15) is 43.2 Å². The number of aliphatic imine (C=N–C) groups is 1. The van der Waals surface area contributed by atoms with Crippen molar-refractivity contribution in [2.24, 2.45) is 10.7 Å². The second kappa shape index (κ2) is 8.58. The number of guanidine groups is 1. The van der Waals surface area contributed by atoms with E-state index in [4.69, 9.17) is 25.0 Å². The van der Waals surface area contributed by atoms with Crippen molar-refractivity contribution >= 4 is 5.96 Å². The molecule has 7 nitrogen and oxygen atoms in total. The highest BCUT2D eigenvalue weighted by Gasteiger charge is 2.55. The van der Waals surface area contributed by atoms with Crippen LogP contribution in [0.2, 0.25) is 0 Å². The van der Waals surface area contributed by atoms with Crippen LogP contribution in [0, 0.1) is 11.3 Å². The van der Waals surface area contributed by atoms with Gasteiger partial charge in [-0.2, -0.15) is 5.26 Å². The summed E-state index contributed by atoms with van der Waals surface area (Å²) in [7, 11) is 1.78. The summed E-state index contributed by atoms with van der Waals surface area (Å²) in [4.78, 5) is 11.2. The second-order valence-electron chi connectivity index (χ2n) is 9.84. The normalized spacial score (nSPS) is 26.7. The van der Waals surface area contributed by atoms with Gasteiger partial charge < -0.3 is 15.2 Å². The Morgan fingerprint density at radius 3 is 2.53 bits per heavy atom. The Bertz CT molecular complexity index is 1360. The quantitative estimate of drug-likeness (QED) is 0.560. The third-order valence-corrected chi connectivity index (χ3v) is 7.41. The number of hydrogen-bond donors (Lipinski definition) is 1. The monoisotopic (exact) mass is 480 g/mol. The molecule has 2 spiro atoms. The fraction of sp³-hybridized carbons (Fsp3) is 0.310. The summed E-state index contributed by atoms with van der Waals surface area (Å²) in [5.74, 6) is 2.00. The van der Waals surface area contributed by atoms with Crippen molar-refractivity contribution < 1.29 is 14.3 Å². The van der Waals surface area contributed by atoms with E-state index in [0.29, 0.717) is 17.9 Å². The Morgan fingerprint density at radius 2 is 1.81 bits per heavy atom. The SMILES string of the molecule is CN1OC2(CC3(CCC(Oc4ccccc4)CC3)Oc3ccc(-c4cccc(C#N)c4)cc32)N=C1N. The lowest BCUT2D eigenvalue weighted by Gasteiger charge is -2.48. The summed E-state index contributed by atoms with van der Waals surface area (Å²) >= 11 is 0. The lowest BCUT2D eigenvalue weighted by Crippen LogP contribution is -2.51. The highest BCUT2D eigenvalue weighted by Crippen LogP contribution is 2.53. The van der Waals surface area contributed by atoms with Gasteiger partial charge in [0.05, 0.1) is 23.3 Å². The summed E-state index contributed by atoms with van der Waals surface area (Å²) in [6.45, 7) is 0. The highest BCUT2D eigenvalue weighted by atomic mass is 16.7. The average molecular weight is 481 g/mol. The third kappa shape index (κ3) is 3.94. The first-order valence-corrected chi connectivity index (χ1v) is 12.3. The number of ether oxygens (including phenoxy) is 2. The van der Waals surface area contributed by atoms with Gasteiger partial charge in [-0.25, -0.2) is 14.9 Å². The lowest BCUT2D eigenvalue weighted by atomic mass is 9.74. The molecule has 0 radical (unpaired) electrons. The predicted octanol–water partition coefficient (Wildman–Crippen LogP) is 5.11. The summed E-state index contributed by atoms with van der Waals surface area (Å²) in [6, 6.07) is 25.8. The average Bonchev–Trinajstić information content (AvgIpc) is 3.18. The largest absolute Gasteiger partial charge is 0.490 e. The minimum absolute atomic E-state index is 0.148. The molecule has 0 bridgehead atoms. The molecule has 1 atom stereocenters. The maximum atomic E-state index is 9.33. The van der Waals surface area contributed by atoms with Gasteiger partial charge in [0.2, 0.25) is 11.7 Å². The smallest absolute Gasteiger partial charge is 0.222 e. The summed E-state index contributed by atoms with van der Waals surface area (Å²) in [6.07, 6.45) is 4.15. The van der Waals surface area contributed by atoms with Crippen LogP contribution in [0.5, 0.6) is 11.5 Å². The number of para-hydroxylation sites is 1.